The largest absolute Gasteiger partial charge is 0.324 e. The Hall–Kier alpha value is -2.32. The van der Waals surface area contributed by atoms with Crippen LogP contribution in [0.4, 0.5) is 5.69 Å². The van der Waals surface area contributed by atoms with E-state index >= 15 is 0 Å². The minimum Gasteiger partial charge on any atom is -0.324 e. The second kappa shape index (κ2) is 8.12. The number of hydrogen-bond acceptors (Lipinski definition) is 3. The van der Waals surface area contributed by atoms with Gasteiger partial charge in [-0.3, -0.25) is 9.59 Å². The van der Waals surface area contributed by atoms with Crippen molar-refractivity contribution in [3.63, 3.8) is 0 Å². The SMILES string of the molecule is CC1=C2N(C)C(=O)C(C(=O)Nc3ccc(Cl)cc3C#N)C[C@]2(C)[C@@H]2CC[C@]3(C)CCC[C@H]3[C@@H]2C1. The number of carbonyl (C=O) groups excluding carboxylic acids is 2. The molecule has 2 amide bonds. The Balaban J connectivity index is 1.48. The van der Waals surface area contributed by atoms with Gasteiger partial charge in [0, 0.05) is 23.2 Å². The molecule has 4 aliphatic rings. The molecule has 180 valence electrons. The zero-order valence-corrected chi connectivity index (χ0v) is 21.3. The first-order valence-corrected chi connectivity index (χ1v) is 12.9. The molecule has 3 aliphatic carbocycles. The third-order valence-electron chi connectivity index (χ3n) is 9.79. The predicted molar refractivity (Wildman–Crippen MR) is 133 cm³/mol. The van der Waals surface area contributed by atoms with Gasteiger partial charge in [0.15, 0.2) is 0 Å². The summed E-state index contributed by atoms with van der Waals surface area (Å²) in [6.45, 7) is 6.98. The Kier molecular flexibility index (Phi) is 5.60. The maximum Gasteiger partial charge on any atom is 0.239 e. The first kappa shape index (κ1) is 23.4. The highest BCUT2D eigenvalue weighted by Crippen LogP contribution is 2.65. The molecule has 1 unspecified atom stereocenters. The van der Waals surface area contributed by atoms with E-state index in [4.69, 9.17) is 11.6 Å². The molecule has 6 heteroatoms. The Morgan fingerprint density at radius 1 is 1.24 bits per heavy atom. The molecule has 0 aromatic heterocycles. The number of nitrogens with one attached hydrogen (secondary N) is 1. The van der Waals surface area contributed by atoms with Crippen molar-refractivity contribution in [2.24, 2.45) is 34.5 Å². The monoisotopic (exact) mass is 479 g/mol. The molecule has 34 heavy (non-hydrogen) atoms. The molecule has 3 fully saturated rings. The van der Waals surface area contributed by atoms with Crippen molar-refractivity contribution in [1.29, 1.82) is 5.26 Å². The Bertz CT molecular complexity index is 1140. The average Bonchev–Trinajstić information content (AvgIpc) is 3.19. The molecule has 0 radical (unpaired) electrons. The fraction of sp³-hybridized carbons (Fsp3) is 0.607. The van der Waals surface area contributed by atoms with Crippen LogP contribution in [0.15, 0.2) is 29.5 Å². The van der Waals surface area contributed by atoms with Crippen molar-refractivity contribution in [2.45, 2.75) is 65.7 Å². The first-order valence-electron chi connectivity index (χ1n) is 12.6. The summed E-state index contributed by atoms with van der Waals surface area (Å²) in [5.41, 5.74) is 3.40. The van der Waals surface area contributed by atoms with Crippen LogP contribution >= 0.6 is 11.6 Å². The van der Waals surface area contributed by atoms with Gasteiger partial charge in [-0.2, -0.15) is 5.26 Å². The third kappa shape index (κ3) is 3.40. The van der Waals surface area contributed by atoms with Crippen molar-refractivity contribution in [2.75, 3.05) is 12.4 Å². The lowest BCUT2D eigenvalue weighted by atomic mass is 9.48. The van der Waals surface area contributed by atoms with Crippen LogP contribution in [0.5, 0.6) is 0 Å². The summed E-state index contributed by atoms with van der Waals surface area (Å²) in [5.74, 6) is 0.584. The summed E-state index contributed by atoms with van der Waals surface area (Å²) in [5, 5.41) is 12.8. The van der Waals surface area contributed by atoms with Crippen molar-refractivity contribution in [3.05, 3.63) is 40.1 Å². The number of benzene rings is 1. The van der Waals surface area contributed by atoms with Crippen molar-refractivity contribution in [3.8, 4) is 6.07 Å². The summed E-state index contributed by atoms with van der Waals surface area (Å²) in [6.07, 6.45) is 7.96. The molecule has 1 aromatic rings. The van der Waals surface area contributed by atoms with E-state index in [2.05, 4.69) is 32.2 Å². The van der Waals surface area contributed by atoms with Crippen LogP contribution in [0, 0.1) is 45.8 Å². The molecule has 1 aromatic carbocycles. The lowest BCUT2D eigenvalue weighted by Crippen LogP contribution is -2.57. The van der Waals surface area contributed by atoms with Gasteiger partial charge in [-0.1, -0.05) is 37.4 Å². The number of rotatable bonds is 2. The normalized spacial score (nSPS) is 36.9. The highest BCUT2D eigenvalue weighted by Gasteiger charge is 2.60. The van der Waals surface area contributed by atoms with Gasteiger partial charge in [-0.05, 0) is 86.8 Å². The van der Waals surface area contributed by atoms with Gasteiger partial charge >= 0.3 is 0 Å². The molecule has 1 heterocycles. The second-order valence-electron chi connectivity index (χ2n) is 11.7. The fourth-order valence-electron chi connectivity index (χ4n) is 8.39. The van der Waals surface area contributed by atoms with E-state index in [9.17, 15) is 14.9 Å². The number of anilines is 1. The Labute approximate surface area is 207 Å². The standard InChI is InChI=1S/C28H34ClN3O2/c1-16-12-19-21-6-5-10-27(21,2)11-9-22(19)28(3)14-20(26(34)32(4)24(16)28)25(33)31-23-8-7-18(29)13-17(23)15-30/h7-8,13,19-22H,5-6,9-12,14H2,1-4H3,(H,31,33)/t19-,20?,21-,22+,27-,28+/m0/s1. The number of nitrogens with zero attached hydrogens (tertiary/aromatic N) is 2. The number of fused-ring (bicyclic) bond motifs is 5. The minimum absolute atomic E-state index is 0.156. The molecular weight excluding hydrogens is 446 g/mol. The Morgan fingerprint density at radius 2 is 2.00 bits per heavy atom. The van der Waals surface area contributed by atoms with Crippen LogP contribution in [0.2, 0.25) is 5.02 Å². The molecule has 6 atom stereocenters. The number of hydrogen-bond donors (Lipinski definition) is 1. The van der Waals surface area contributed by atoms with Crippen molar-refractivity contribution >= 4 is 29.1 Å². The summed E-state index contributed by atoms with van der Waals surface area (Å²) in [6, 6.07) is 6.89. The van der Waals surface area contributed by atoms with Crippen LogP contribution < -0.4 is 5.32 Å². The molecule has 1 N–H and O–H groups in total. The lowest BCUT2D eigenvalue weighted by Gasteiger charge is -2.59. The van der Waals surface area contributed by atoms with E-state index in [1.807, 2.05) is 7.05 Å². The van der Waals surface area contributed by atoms with Crippen LogP contribution in [0.1, 0.15) is 71.3 Å². The van der Waals surface area contributed by atoms with Crippen molar-refractivity contribution in [1.82, 2.24) is 4.90 Å². The number of halogens is 1. The highest BCUT2D eigenvalue weighted by molar-refractivity contribution is 6.30. The summed E-state index contributed by atoms with van der Waals surface area (Å²) in [4.78, 5) is 28.7. The van der Waals surface area contributed by atoms with Crippen molar-refractivity contribution < 1.29 is 9.59 Å². The number of carbonyl (C=O) groups is 2. The topological polar surface area (TPSA) is 73.2 Å². The van der Waals surface area contributed by atoms with Gasteiger partial charge in [0.2, 0.25) is 11.8 Å². The molecule has 2 saturated carbocycles. The van der Waals surface area contributed by atoms with Crippen LogP contribution in [0.3, 0.4) is 0 Å². The van der Waals surface area contributed by atoms with E-state index < -0.39 is 5.92 Å². The number of nitriles is 1. The Morgan fingerprint density at radius 3 is 2.74 bits per heavy atom. The van der Waals surface area contributed by atoms with Gasteiger partial charge in [-0.25, -0.2) is 0 Å². The van der Waals surface area contributed by atoms with E-state index in [1.165, 1.54) is 37.3 Å². The summed E-state index contributed by atoms with van der Waals surface area (Å²) < 4.78 is 0. The highest BCUT2D eigenvalue weighted by atomic mass is 35.5. The van der Waals surface area contributed by atoms with Crippen LogP contribution in [-0.2, 0) is 9.59 Å². The molecule has 0 spiro atoms. The summed E-state index contributed by atoms with van der Waals surface area (Å²) >= 11 is 6.01. The van der Waals surface area contributed by atoms with E-state index in [0.29, 0.717) is 39.9 Å². The molecule has 1 saturated heterocycles. The zero-order valence-electron chi connectivity index (χ0n) is 20.6. The molecule has 5 rings (SSSR count). The van der Waals surface area contributed by atoms with Crippen LogP contribution in [0.25, 0.3) is 0 Å². The molecular formula is C28H34ClN3O2. The zero-order chi connectivity index (χ0) is 24.4. The smallest absolute Gasteiger partial charge is 0.239 e. The molecule has 5 nitrogen and oxygen atoms in total. The predicted octanol–water partition coefficient (Wildman–Crippen LogP) is 6.15. The van der Waals surface area contributed by atoms with Gasteiger partial charge in [0.05, 0.1) is 11.3 Å². The average molecular weight is 480 g/mol. The molecule has 0 bridgehead atoms. The summed E-state index contributed by atoms with van der Waals surface area (Å²) in [7, 11) is 1.84. The van der Waals surface area contributed by atoms with E-state index in [0.717, 1.165) is 24.5 Å². The van der Waals surface area contributed by atoms with Gasteiger partial charge in [0.1, 0.15) is 12.0 Å². The van der Waals surface area contributed by atoms with Gasteiger partial charge in [-0.15, -0.1) is 0 Å². The quantitative estimate of drug-likeness (QED) is 0.517. The number of piperidine rings is 1. The van der Waals surface area contributed by atoms with Gasteiger partial charge < -0.3 is 10.2 Å². The van der Waals surface area contributed by atoms with E-state index in [-0.39, 0.29) is 17.2 Å². The van der Waals surface area contributed by atoms with Crippen LogP contribution in [-0.4, -0.2) is 23.8 Å². The number of amides is 2. The third-order valence-corrected chi connectivity index (χ3v) is 10.0. The maximum atomic E-state index is 13.5. The number of allylic oxidation sites excluding steroid dienone is 2. The van der Waals surface area contributed by atoms with Gasteiger partial charge in [0.25, 0.3) is 0 Å². The fourth-order valence-corrected chi connectivity index (χ4v) is 8.56. The number of likely N-dealkylation sites (tertiary alicyclic amines) is 1. The lowest BCUT2D eigenvalue weighted by molar-refractivity contribution is -0.147. The first-order chi connectivity index (χ1) is 16.1. The molecule has 1 aliphatic heterocycles. The second-order valence-corrected chi connectivity index (χ2v) is 12.1. The maximum absolute atomic E-state index is 13.5. The minimum atomic E-state index is -0.774. The van der Waals surface area contributed by atoms with E-state index in [1.54, 1.807) is 17.0 Å².